The summed E-state index contributed by atoms with van der Waals surface area (Å²) in [5.41, 5.74) is 0.938. The standard InChI is InChI=1S/C15H22N4O4/c1-2-23-14(20)11-18-15(21)17-10-12-3-4-16-13(9-12)19-5-7-22-8-6-19/h3-4,9H,2,5-8,10-11H2,1H3,(H2,17,18,21). The second-order valence-corrected chi connectivity index (χ2v) is 4.96. The third-order valence-corrected chi connectivity index (χ3v) is 3.30. The lowest BCUT2D eigenvalue weighted by atomic mass is 10.2. The van der Waals surface area contributed by atoms with Gasteiger partial charge in [0.2, 0.25) is 0 Å². The van der Waals surface area contributed by atoms with Crippen molar-refractivity contribution in [2.24, 2.45) is 0 Å². The summed E-state index contributed by atoms with van der Waals surface area (Å²) in [7, 11) is 0. The number of rotatable bonds is 6. The first-order valence-electron chi connectivity index (χ1n) is 7.64. The van der Waals surface area contributed by atoms with Gasteiger partial charge in [0.1, 0.15) is 12.4 Å². The molecule has 8 nitrogen and oxygen atoms in total. The van der Waals surface area contributed by atoms with E-state index in [-0.39, 0.29) is 6.54 Å². The molecule has 2 N–H and O–H groups in total. The van der Waals surface area contributed by atoms with Crippen LogP contribution in [0.5, 0.6) is 0 Å². The molecule has 1 aliphatic heterocycles. The fourth-order valence-corrected chi connectivity index (χ4v) is 2.15. The molecule has 8 heteroatoms. The number of anilines is 1. The highest BCUT2D eigenvalue weighted by Crippen LogP contribution is 2.14. The van der Waals surface area contributed by atoms with Gasteiger partial charge in [0.25, 0.3) is 0 Å². The molecule has 0 spiro atoms. The van der Waals surface area contributed by atoms with Gasteiger partial charge in [-0.05, 0) is 24.6 Å². The lowest BCUT2D eigenvalue weighted by Crippen LogP contribution is -2.39. The summed E-state index contributed by atoms with van der Waals surface area (Å²) < 4.78 is 10.1. The van der Waals surface area contributed by atoms with Crippen LogP contribution in [0.4, 0.5) is 10.6 Å². The maximum Gasteiger partial charge on any atom is 0.325 e. The van der Waals surface area contributed by atoms with Crippen LogP contribution in [-0.4, -0.2) is 56.4 Å². The lowest BCUT2D eigenvalue weighted by molar-refractivity contribution is -0.141. The quantitative estimate of drug-likeness (QED) is 0.731. The highest BCUT2D eigenvalue weighted by atomic mass is 16.5. The minimum atomic E-state index is -0.457. The van der Waals surface area contributed by atoms with E-state index in [4.69, 9.17) is 9.47 Å². The van der Waals surface area contributed by atoms with Gasteiger partial charge in [-0.3, -0.25) is 4.79 Å². The number of aromatic nitrogens is 1. The van der Waals surface area contributed by atoms with Crippen molar-refractivity contribution < 1.29 is 19.1 Å². The predicted octanol–water partition coefficient (Wildman–Crippen LogP) is 0.281. The van der Waals surface area contributed by atoms with Gasteiger partial charge in [0.15, 0.2) is 0 Å². The Morgan fingerprint density at radius 1 is 1.35 bits per heavy atom. The zero-order chi connectivity index (χ0) is 16.5. The van der Waals surface area contributed by atoms with Crippen LogP contribution in [0.1, 0.15) is 12.5 Å². The number of pyridine rings is 1. The van der Waals surface area contributed by atoms with E-state index in [1.165, 1.54) is 0 Å². The molecule has 2 rings (SSSR count). The molecule has 2 heterocycles. The molecule has 0 unspecified atom stereocenters. The van der Waals surface area contributed by atoms with Gasteiger partial charge in [-0.1, -0.05) is 0 Å². The first kappa shape index (κ1) is 17.0. The van der Waals surface area contributed by atoms with Gasteiger partial charge in [-0.2, -0.15) is 0 Å². The molecule has 1 saturated heterocycles. The van der Waals surface area contributed by atoms with Crippen molar-refractivity contribution in [2.45, 2.75) is 13.5 Å². The van der Waals surface area contributed by atoms with Gasteiger partial charge in [0, 0.05) is 25.8 Å². The summed E-state index contributed by atoms with van der Waals surface area (Å²) in [6.07, 6.45) is 1.72. The molecule has 0 bridgehead atoms. The largest absolute Gasteiger partial charge is 0.465 e. The Hall–Kier alpha value is -2.35. The number of urea groups is 1. The summed E-state index contributed by atoms with van der Waals surface area (Å²) in [6.45, 7) is 5.23. The van der Waals surface area contributed by atoms with Crippen molar-refractivity contribution in [3.63, 3.8) is 0 Å². The SMILES string of the molecule is CCOC(=O)CNC(=O)NCc1ccnc(N2CCOCC2)c1. The zero-order valence-corrected chi connectivity index (χ0v) is 13.2. The Morgan fingerprint density at radius 2 is 2.13 bits per heavy atom. The van der Waals surface area contributed by atoms with Crippen LogP contribution in [0.2, 0.25) is 0 Å². The third kappa shape index (κ3) is 5.74. The van der Waals surface area contributed by atoms with E-state index in [1.807, 2.05) is 12.1 Å². The summed E-state index contributed by atoms with van der Waals surface area (Å²) in [5, 5.41) is 5.15. The Balaban J connectivity index is 1.78. The molecule has 0 aliphatic carbocycles. The van der Waals surface area contributed by atoms with Crippen LogP contribution in [0.25, 0.3) is 0 Å². The van der Waals surface area contributed by atoms with Gasteiger partial charge >= 0.3 is 12.0 Å². The summed E-state index contributed by atoms with van der Waals surface area (Å²) in [5.74, 6) is 0.417. The maximum absolute atomic E-state index is 11.6. The molecule has 126 valence electrons. The molecule has 0 radical (unpaired) electrons. The van der Waals surface area contributed by atoms with E-state index in [0.717, 1.165) is 24.5 Å². The van der Waals surface area contributed by atoms with Gasteiger partial charge < -0.3 is 25.0 Å². The molecule has 2 amide bonds. The number of amides is 2. The molecule has 1 aromatic heterocycles. The summed E-state index contributed by atoms with van der Waals surface area (Å²) in [6, 6.07) is 3.37. The lowest BCUT2D eigenvalue weighted by Gasteiger charge is -2.28. The van der Waals surface area contributed by atoms with Crippen LogP contribution in [-0.2, 0) is 20.8 Å². The number of esters is 1. The first-order valence-corrected chi connectivity index (χ1v) is 7.64. The van der Waals surface area contributed by atoms with Gasteiger partial charge in [-0.15, -0.1) is 0 Å². The number of carbonyl (C=O) groups is 2. The minimum absolute atomic E-state index is 0.144. The molecule has 23 heavy (non-hydrogen) atoms. The monoisotopic (exact) mass is 322 g/mol. The number of hydrogen-bond donors (Lipinski definition) is 2. The Bertz CT molecular complexity index is 532. The first-order chi connectivity index (χ1) is 11.2. The normalized spacial score (nSPS) is 14.2. The van der Waals surface area contributed by atoms with Crippen molar-refractivity contribution in [1.29, 1.82) is 0 Å². The van der Waals surface area contributed by atoms with E-state index < -0.39 is 12.0 Å². The van der Waals surface area contributed by atoms with E-state index >= 15 is 0 Å². The molecule has 1 aromatic rings. The van der Waals surface area contributed by atoms with Crippen LogP contribution >= 0.6 is 0 Å². The third-order valence-electron chi connectivity index (χ3n) is 3.30. The molecule has 1 fully saturated rings. The van der Waals surface area contributed by atoms with Crippen molar-refractivity contribution in [1.82, 2.24) is 15.6 Å². The van der Waals surface area contributed by atoms with Crippen LogP contribution in [0.3, 0.4) is 0 Å². The van der Waals surface area contributed by atoms with E-state index in [2.05, 4.69) is 20.5 Å². The molecule has 0 saturated carbocycles. The highest BCUT2D eigenvalue weighted by Gasteiger charge is 2.12. The van der Waals surface area contributed by atoms with E-state index in [9.17, 15) is 9.59 Å². The molecular weight excluding hydrogens is 300 g/mol. The van der Waals surface area contributed by atoms with Crippen molar-refractivity contribution >= 4 is 17.8 Å². The molecular formula is C15H22N4O4. The Kier molecular flexibility index (Phi) is 6.61. The minimum Gasteiger partial charge on any atom is -0.465 e. The molecule has 1 aliphatic rings. The Morgan fingerprint density at radius 3 is 2.87 bits per heavy atom. The van der Waals surface area contributed by atoms with Crippen molar-refractivity contribution in [2.75, 3.05) is 44.4 Å². The number of morpholine rings is 1. The fraction of sp³-hybridized carbons (Fsp3) is 0.533. The molecule has 0 aromatic carbocycles. The highest BCUT2D eigenvalue weighted by molar-refractivity contribution is 5.80. The number of nitrogens with one attached hydrogen (secondary N) is 2. The average molecular weight is 322 g/mol. The summed E-state index contributed by atoms with van der Waals surface area (Å²) in [4.78, 5) is 29.3. The number of nitrogens with zero attached hydrogens (tertiary/aromatic N) is 2. The maximum atomic E-state index is 11.6. The fourth-order valence-electron chi connectivity index (χ4n) is 2.15. The average Bonchev–Trinajstić information content (AvgIpc) is 2.59. The number of hydrogen-bond acceptors (Lipinski definition) is 6. The smallest absolute Gasteiger partial charge is 0.325 e. The second-order valence-electron chi connectivity index (χ2n) is 4.96. The topological polar surface area (TPSA) is 92.8 Å². The van der Waals surface area contributed by atoms with Crippen LogP contribution in [0.15, 0.2) is 18.3 Å². The van der Waals surface area contributed by atoms with E-state index in [1.54, 1.807) is 13.1 Å². The number of carbonyl (C=O) groups excluding carboxylic acids is 2. The van der Waals surface area contributed by atoms with Crippen LogP contribution < -0.4 is 15.5 Å². The van der Waals surface area contributed by atoms with Crippen LogP contribution in [0, 0.1) is 0 Å². The van der Waals surface area contributed by atoms with Crippen molar-refractivity contribution in [3.8, 4) is 0 Å². The summed E-state index contributed by atoms with van der Waals surface area (Å²) >= 11 is 0. The predicted molar refractivity (Wildman–Crippen MR) is 84.1 cm³/mol. The van der Waals surface area contributed by atoms with E-state index in [0.29, 0.717) is 26.4 Å². The zero-order valence-electron chi connectivity index (χ0n) is 13.2. The second kappa shape index (κ2) is 8.94. The van der Waals surface area contributed by atoms with Gasteiger partial charge in [-0.25, -0.2) is 9.78 Å². The van der Waals surface area contributed by atoms with Crippen molar-refractivity contribution in [3.05, 3.63) is 23.9 Å². The van der Waals surface area contributed by atoms with Gasteiger partial charge in [0.05, 0.1) is 19.8 Å². The Labute approximate surface area is 135 Å². The molecule has 0 atom stereocenters. The number of ether oxygens (including phenoxy) is 2.